The SMILES string of the molecule is CC(C)C(N)c1cncn1-c1ccc(I)cc1. The molecule has 0 aliphatic carbocycles. The minimum atomic E-state index is 0.0109. The molecule has 0 saturated heterocycles. The first-order chi connectivity index (χ1) is 8.09. The highest BCUT2D eigenvalue weighted by Crippen LogP contribution is 2.22. The molecule has 90 valence electrons. The third kappa shape index (κ3) is 2.69. The fraction of sp³-hybridized carbons (Fsp3) is 0.308. The van der Waals surface area contributed by atoms with Crippen molar-refractivity contribution in [1.82, 2.24) is 9.55 Å². The van der Waals surface area contributed by atoms with Crippen LogP contribution in [0.15, 0.2) is 36.8 Å². The highest BCUT2D eigenvalue weighted by Gasteiger charge is 2.15. The molecule has 0 aliphatic heterocycles. The van der Waals surface area contributed by atoms with Crippen LogP contribution in [0.4, 0.5) is 0 Å². The molecule has 0 fully saturated rings. The van der Waals surface area contributed by atoms with Crippen molar-refractivity contribution in [3.05, 3.63) is 46.1 Å². The van der Waals surface area contributed by atoms with E-state index < -0.39 is 0 Å². The molecule has 3 nitrogen and oxygen atoms in total. The topological polar surface area (TPSA) is 43.8 Å². The van der Waals surface area contributed by atoms with E-state index in [-0.39, 0.29) is 6.04 Å². The summed E-state index contributed by atoms with van der Waals surface area (Å²) in [5.41, 5.74) is 8.35. The molecule has 2 aromatic rings. The van der Waals surface area contributed by atoms with Crippen LogP contribution in [-0.4, -0.2) is 9.55 Å². The molecule has 1 aromatic heterocycles. The number of benzene rings is 1. The second-order valence-electron chi connectivity index (χ2n) is 4.43. The summed E-state index contributed by atoms with van der Waals surface area (Å²) in [5.74, 6) is 0.397. The highest BCUT2D eigenvalue weighted by molar-refractivity contribution is 14.1. The van der Waals surface area contributed by atoms with E-state index in [1.165, 1.54) is 3.57 Å². The largest absolute Gasteiger partial charge is 0.322 e. The summed E-state index contributed by atoms with van der Waals surface area (Å²) < 4.78 is 3.28. The maximum Gasteiger partial charge on any atom is 0.0994 e. The lowest BCUT2D eigenvalue weighted by Gasteiger charge is -2.17. The number of hydrogen-bond acceptors (Lipinski definition) is 2. The van der Waals surface area contributed by atoms with E-state index in [0.29, 0.717) is 5.92 Å². The number of imidazole rings is 1. The second kappa shape index (κ2) is 5.18. The van der Waals surface area contributed by atoms with Crippen molar-refractivity contribution in [2.45, 2.75) is 19.9 Å². The monoisotopic (exact) mass is 341 g/mol. The summed E-state index contributed by atoms with van der Waals surface area (Å²) in [6.07, 6.45) is 3.67. The smallest absolute Gasteiger partial charge is 0.0994 e. The zero-order valence-electron chi connectivity index (χ0n) is 9.97. The average Bonchev–Trinajstić information content (AvgIpc) is 2.77. The van der Waals surface area contributed by atoms with Gasteiger partial charge in [-0.05, 0) is 52.8 Å². The lowest BCUT2D eigenvalue weighted by atomic mass is 10.0. The third-order valence-electron chi connectivity index (χ3n) is 2.83. The van der Waals surface area contributed by atoms with Gasteiger partial charge in [-0.3, -0.25) is 0 Å². The van der Waals surface area contributed by atoms with Gasteiger partial charge in [0.2, 0.25) is 0 Å². The zero-order chi connectivity index (χ0) is 12.4. The Morgan fingerprint density at radius 1 is 1.24 bits per heavy atom. The summed E-state index contributed by atoms with van der Waals surface area (Å²) in [6, 6.07) is 8.35. The summed E-state index contributed by atoms with van der Waals surface area (Å²) in [5, 5.41) is 0. The number of nitrogens with zero attached hydrogens (tertiary/aromatic N) is 2. The van der Waals surface area contributed by atoms with Crippen LogP contribution in [0.25, 0.3) is 5.69 Å². The lowest BCUT2D eigenvalue weighted by Crippen LogP contribution is -2.19. The van der Waals surface area contributed by atoms with Crippen molar-refractivity contribution >= 4 is 22.6 Å². The molecule has 0 saturated carbocycles. The summed E-state index contributed by atoms with van der Waals surface area (Å²) in [6.45, 7) is 4.24. The second-order valence-corrected chi connectivity index (χ2v) is 5.68. The zero-order valence-corrected chi connectivity index (χ0v) is 12.1. The van der Waals surface area contributed by atoms with E-state index in [9.17, 15) is 0 Å². The van der Waals surface area contributed by atoms with Crippen molar-refractivity contribution in [2.75, 3.05) is 0 Å². The Morgan fingerprint density at radius 3 is 2.47 bits per heavy atom. The van der Waals surface area contributed by atoms with E-state index in [0.717, 1.165) is 11.4 Å². The normalized spacial score (nSPS) is 13.0. The molecule has 0 aliphatic rings. The van der Waals surface area contributed by atoms with Crippen LogP contribution in [0, 0.1) is 9.49 Å². The summed E-state index contributed by atoms with van der Waals surface area (Å²) in [4.78, 5) is 4.21. The molecule has 0 bridgehead atoms. The molecule has 1 aromatic carbocycles. The Morgan fingerprint density at radius 2 is 1.88 bits per heavy atom. The van der Waals surface area contributed by atoms with E-state index in [1.54, 1.807) is 0 Å². The van der Waals surface area contributed by atoms with Crippen LogP contribution in [0.2, 0.25) is 0 Å². The van der Waals surface area contributed by atoms with Crippen LogP contribution in [0.3, 0.4) is 0 Å². The van der Waals surface area contributed by atoms with Crippen LogP contribution in [-0.2, 0) is 0 Å². The van der Waals surface area contributed by atoms with Gasteiger partial charge in [0.25, 0.3) is 0 Å². The van der Waals surface area contributed by atoms with Crippen molar-refractivity contribution in [3.8, 4) is 5.69 Å². The van der Waals surface area contributed by atoms with E-state index in [1.807, 2.05) is 12.5 Å². The number of rotatable bonds is 3. The van der Waals surface area contributed by atoms with Crippen LogP contribution in [0.5, 0.6) is 0 Å². The molecule has 0 radical (unpaired) electrons. The first kappa shape index (κ1) is 12.6. The molecular weight excluding hydrogens is 325 g/mol. The van der Waals surface area contributed by atoms with Crippen molar-refractivity contribution in [2.24, 2.45) is 11.7 Å². The average molecular weight is 341 g/mol. The van der Waals surface area contributed by atoms with Crippen molar-refractivity contribution < 1.29 is 0 Å². The van der Waals surface area contributed by atoms with E-state index in [4.69, 9.17) is 5.73 Å². The van der Waals surface area contributed by atoms with Crippen molar-refractivity contribution in [1.29, 1.82) is 0 Å². The quantitative estimate of drug-likeness (QED) is 0.872. The molecule has 1 atom stereocenters. The van der Waals surface area contributed by atoms with Gasteiger partial charge in [0.05, 0.1) is 18.2 Å². The van der Waals surface area contributed by atoms with Gasteiger partial charge in [0.15, 0.2) is 0 Å². The van der Waals surface area contributed by atoms with Gasteiger partial charge >= 0.3 is 0 Å². The number of halogens is 1. The third-order valence-corrected chi connectivity index (χ3v) is 3.55. The fourth-order valence-corrected chi connectivity index (χ4v) is 2.07. The Hall–Kier alpha value is -0.880. The summed E-state index contributed by atoms with van der Waals surface area (Å²) in [7, 11) is 0. The van der Waals surface area contributed by atoms with Gasteiger partial charge in [-0.15, -0.1) is 0 Å². The standard InChI is InChI=1S/C13H16IN3/c1-9(2)13(15)12-7-16-8-17(12)11-5-3-10(14)4-6-11/h3-9,13H,15H2,1-2H3. The maximum atomic E-state index is 6.19. The molecule has 17 heavy (non-hydrogen) atoms. The Labute approximate surface area is 115 Å². The predicted octanol–water partition coefficient (Wildman–Crippen LogP) is 3.13. The Balaban J connectivity index is 2.40. The van der Waals surface area contributed by atoms with Gasteiger partial charge in [0, 0.05) is 15.3 Å². The van der Waals surface area contributed by atoms with Crippen LogP contribution in [0.1, 0.15) is 25.6 Å². The van der Waals surface area contributed by atoms with Crippen LogP contribution < -0.4 is 5.73 Å². The minimum absolute atomic E-state index is 0.0109. The molecule has 2 N–H and O–H groups in total. The van der Waals surface area contributed by atoms with Gasteiger partial charge in [-0.1, -0.05) is 13.8 Å². The fourth-order valence-electron chi connectivity index (χ4n) is 1.71. The number of nitrogens with two attached hydrogens (primary N) is 1. The molecule has 1 unspecified atom stereocenters. The van der Waals surface area contributed by atoms with Gasteiger partial charge in [-0.2, -0.15) is 0 Å². The van der Waals surface area contributed by atoms with Crippen LogP contribution >= 0.6 is 22.6 Å². The van der Waals surface area contributed by atoms with Gasteiger partial charge < -0.3 is 10.3 Å². The Kier molecular flexibility index (Phi) is 3.83. The molecule has 0 amide bonds. The predicted molar refractivity (Wildman–Crippen MR) is 78.0 cm³/mol. The number of aromatic nitrogens is 2. The van der Waals surface area contributed by atoms with Gasteiger partial charge in [0.1, 0.15) is 0 Å². The van der Waals surface area contributed by atoms with Gasteiger partial charge in [-0.25, -0.2) is 4.98 Å². The Bertz CT molecular complexity index is 488. The molecule has 1 heterocycles. The highest BCUT2D eigenvalue weighted by atomic mass is 127. The van der Waals surface area contributed by atoms with E-state index >= 15 is 0 Å². The number of hydrogen-bond donors (Lipinski definition) is 1. The molecule has 0 spiro atoms. The lowest BCUT2D eigenvalue weighted by molar-refractivity contribution is 0.497. The van der Waals surface area contributed by atoms with E-state index in [2.05, 4.69) is 70.3 Å². The summed E-state index contributed by atoms with van der Waals surface area (Å²) >= 11 is 2.30. The molecule has 2 rings (SSSR count). The molecular formula is C13H16IN3. The first-order valence-corrected chi connectivity index (χ1v) is 6.71. The minimum Gasteiger partial charge on any atom is -0.322 e. The molecule has 4 heteroatoms. The maximum absolute atomic E-state index is 6.19. The first-order valence-electron chi connectivity index (χ1n) is 5.63. The van der Waals surface area contributed by atoms with Crippen molar-refractivity contribution in [3.63, 3.8) is 0 Å².